The van der Waals surface area contributed by atoms with E-state index in [0.717, 1.165) is 6.08 Å². The van der Waals surface area contributed by atoms with Gasteiger partial charge in [-0.2, -0.15) is 8.42 Å². The SMILES string of the molecule is C=CCS(=O)(=O)S(N)(=O)=O. The zero-order valence-electron chi connectivity index (χ0n) is 5.02. The smallest absolute Gasteiger partial charge is 0.216 e. The standard InChI is InChI=1S/C3H7NO4S2/c1-2-3-9(5,6)10(4,7)8/h2H,1,3H2,(H2,4,7,8). The van der Waals surface area contributed by atoms with Gasteiger partial charge in [-0.05, 0) is 0 Å². The molecule has 0 aromatic rings. The van der Waals surface area contributed by atoms with Crippen LogP contribution in [0.5, 0.6) is 0 Å². The van der Waals surface area contributed by atoms with E-state index in [9.17, 15) is 16.8 Å². The molecule has 7 heteroatoms. The molecule has 0 saturated carbocycles. The van der Waals surface area contributed by atoms with Gasteiger partial charge in [0.1, 0.15) is 0 Å². The first kappa shape index (κ1) is 9.60. The molecule has 0 aromatic carbocycles. The lowest BCUT2D eigenvalue weighted by Gasteiger charge is -1.94. The molecule has 0 bridgehead atoms. The molecule has 0 rings (SSSR count). The quantitative estimate of drug-likeness (QED) is 0.441. The van der Waals surface area contributed by atoms with Gasteiger partial charge >= 0.3 is 9.06 Å². The maximum absolute atomic E-state index is 10.5. The fraction of sp³-hybridized carbons (Fsp3) is 0.333. The van der Waals surface area contributed by atoms with Gasteiger partial charge in [0.2, 0.25) is 0 Å². The molecule has 0 heterocycles. The molecule has 10 heavy (non-hydrogen) atoms. The van der Waals surface area contributed by atoms with Crippen LogP contribution >= 0.6 is 0 Å². The molecule has 0 spiro atoms. The van der Waals surface area contributed by atoms with Crippen molar-refractivity contribution < 1.29 is 16.8 Å². The molecule has 0 aliphatic rings. The number of hydrogen-bond donors (Lipinski definition) is 1. The molecule has 0 aliphatic heterocycles. The van der Waals surface area contributed by atoms with Crippen LogP contribution in [0, 0.1) is 0 Å². The molecular formula is C3H7NO4S2. The largest absolute Gasteiger partial charge is 0.315 e. The zero-order chi connectivity index (χ0) is 8.41. The van der Waals surface area contributed by atoms with Crippen molar-refractivity contribution in [1.82, 2.24) is 0 Å². The fourth-order valence-electron chi connectivity index (χ4n) is 0.239. The van der Waals surface area contributed by atoms with E-state index in [1.165, 1.54) is 0 Å². The summed E-state index contributed by atoms with van der Waals surface area (Å²) in [5.74, 6) is -0.647. The lowest BCUT2D eigenvalue weighted by Crippen LogP contribution is -2.25. The van der Waals surface area contributed by atoms with Gasteiger partial charge in [-0.1, -0.05) is 6.08 Å². The van der Waals surface area contributed by atoms with Gasteiger partial charge in [0.25, 0.3) is 8.87 Å². The average molecular weight is 185 g/mol. The summed E-state index contributed by atoms with van der Waals surface area (Å²) in [4.78, 5) is 0. The molecule has 2 N–H and O–H groups in total. The van der Waals surface area contributed by atoms with Crippen LogP contribution in [-0.2, 0) is 17.9 Å². The van der Waals surface area contributed by atoms with Crippen LogP contribution in [0.15, 0.2) is 12.7 Å². The van der Waals surface area contributed by atoms with Crippen LogP contribution in [0.2, 0.25) is 0 Å². The van der Waals surface area contributed by atoms with Gasteiger partial charge in [0.15, 0.2) is 0 Å². The van der Waals surface area contributed by atoms with Crippen molar-refractivity contribution in [3.8, 4) is 0 Å². The normalized spacial score (nSPS) is 12.9. The van der Waals surface area contributed by atoms with Crippen LogP contribution < -0.4 is 5.14 Å². The number of nitrogens with two attached hydrogens (primary N) is 1. The van der Waals surface area contributed by atoms with Crippen molar-refractivity contribution in [1.29, 1.82) is 0 Å². The van der Waals surface area contributed by atoms with E-state index in [1.54, 1.807) is 0 Å². The number of rotatable bonds is 3. The maximum Gasteiger partial charge on any atom is 0.315 e. The van der Waals surface area contributed by atoms with E-state index in [-0.39, 0.29) is 0 Å². The molecule has 0 saturated heterocycles. The lowest BCUT2D eigenvalue weighted by molar-refractivity contribution is 0.585. The minimum Gasteiger partial charge on any atom is -0.216 e. The first-order valence-electron chi connectivity index (χ1n) is 2.17. The van der Waals surface area contributed by atoms with E-state index in [2.05, 4.69) is 11.7 Å². The maximum atomic E-state index is 10.5. The van der Waals surface area contributed by atoms with Gasteiger partial charge in [0.05, 0.1) is 5.75 Å². The van der Waals surface area contributed by atoms with Crippen molar-refractivity contribution in [2.75, 3.05) is 5.75 Å². The molecule has 60 valence electrons. The second kappa shape index (κ2) is 2.69. The minimum atomic E-state index is -4.46. The van der Waals surface area contributed by atoms with Crippen molar-refractivity contribution in [2.45, 2.75) is 0 Å². The molecule has 0 fully saturated rings. The molecular weight excluding hydrogens is 178 g/mol. The summed E-state index contributed by atoms with van der Waals surface area (Å²) < 4.78 is 41.3. The summed E-state index contributed by atoms with van der Waals surface area (Å²) in [5.41, 5.74) is 0. The highest BCUT2D eigenvalue weighted by molar-refractivity contribution is 8.66. The second-order valence-electron chi connectivity index (χ2n) is 1.51. The fourth-order valence-corrected chi connectivity index (χ4v) is 1.58. The van der Waals surface area contributed by atoms with Crippen LogP contribution in [0.1, 0.15) is 0 Å². The average Bonchev–Trinajstić information content (AvgIpc) is 1.61. The predicted molar refractivity (Wildman–Crippen MR) is 37.1 cm³/mol. The highest BCUT2D eigenvalue weighted by Crippen LogP contribution is 1.96. The topological polar surface area (TPSA) is 94.3 Å². The Balaban J connectivity index is 4.98. The van der Waals surface area contributed by atoms with E-state index < -0.39 is 23.7 Å². The number of hydrogen-bond acceptors (Lipinski definition) is 4. The van der Waals surface area contributed by atoms with Crippen LogP contribution in [-0.4, -0.2) is 22.6 Å². The van der Waals surface area contributed by atoms with Crippen molar-refractivity contribution in [2.24, 2.45) is 5.14 Å². The van der Waals surface area contributed by atoms with E-state index in [1.807, 2.05) is 0 Å². The van der Waals surface area contributed by atoms with Crippen LogP contribution in [0.25, 0.3) is 0 Å². The zero-order valence-corrected chi connectivity index (χ0v) is 6.65. The molecule has 0 radical (unpaired) electrons. The Kier molecular flexibility index (Phi) is 2.58. The minimum absolute atomic E-state index is 0.647. The summed E-state index contributed by atoms with van der Waals surface area (Å²) >= 11 is 0. The highest BCUT2D eigenvalue weighted by Gasteiger charge is 2.22. The predicted octanol–water partition coefficient (Wildman–Crippen LogP) is -1.21. The van der Waals surface area contributed by atoms with Gasteiger partial charge in [-0.25, -0.2) is 13.6 Å². The molecule has 0 atom stereocenters. The third-order valence-electron chi connectivity index (χ3n) is 0.676. The summed E-state index contributed by atoms with van der Waals surface area (Å²) in [6, 6.07) is 0. The summed E-state index contributed by atoms with van der Waals surface area (Å²) in [7, 11) is -8.68. The van der Waals surface area contributed by atoms with Crippen molar-refractivity contribution in [3.63, 3.8) is 0 Å². The first-order valence-corrected chi connectivity index (χ1v) is 5.89. The summed E-state index contributed by atoms with van der Waals surface area (Å²) in [5, 5.41) is 4.34. The molecule has 0 aliphatic carbocycles. The second-order valence-corrected chi connectivity index (χ2v) is 6.86. The van der Waals surface area contributed by atoms with Gasteiger partial charge in [0, 0.05) is 0 Å². The molecule has 5 nitrogen and oxygen atoms in total. The Morgan fingerprint density at radius 1 is 1.30 bits per heavy atom. The Hall–Kier alpha value is -0.400. The van der Waals surface area contributed by atoms with Crippen LogP contribution in [0.3, 0.4) is 0 Å². The molecule has 0 aromatic heterocycles. The Bertz CT molecular complexity index is 310. The Morgan fingerprint density at radius 2 is 1.70 bits per heavy atom. The van der Waals surface area contributed by atoms with Gasteiger partial charge in [-0.15, -0.1) is 6.58 Å². The molecule has 0 unspecified atom stereocenters. The molecule has 0 amide bonds. The van der Waals surface area contributed by atoms with E-state index in [4.69, 9.17) is 0 Å². The highest BCUT2D eigenvalue weighted by atomic mass is 33.2. The first-order chi connectivity index (χ1) is 4.31. The van der Waals surface area contributed by atoms with E-state index in [0.29, 0.717) is 0 Å². The Labute approximate surface area is 58.9 Å². The summed E-state index contributed by atoms with van der Waals surface area (Å²) in [6.07, 6.45) is 0.958. The summed E-state index contributed by atoms with van der Waals surface area (Å²) in [6.45, 7) is 3.06. The van der Waals surface area contributed by atoms with Crippen LogP contribution in [0.4, 0.5) is 0 Å². The third kappa shape index (κ3) is 2.09. The van der Waals surface area contributed by atoms with Crippen molar-refractivity contribution >= 4 is 17.9 Å². The third-order valence-corrected chi connectivity index (χ3v) is 4.56. The Morgan fingerprint density at radius 3 is 1.80 bits per heavy atom. The van der Waals surface area contributed by atoms with Gasteiger partial charge in [-0.3, -0.25) is 0 Å². The van der Waals surface area contributed by atoms with Crippen molar-refractivity contribution in [3.05, 3.63) is 12.7 Å². The lowest BCUT2D eigenvalue weighted by atomic mass is 10.8. The monoisotopic (exact) mass is 185 g/mol. The van der Waals surface area contributed by atoms with E-state index >= 15 is 0 Å². The van der Waals surface area contributed by atoms with Gasteiger partial charge < -0.3 is 0 Å².